The molecule has 0 heterocycles. The number of benzene rings is 2. The molecule has 0 amide bonds. The molecule has 2 aromatic carbocycles. The van der Waals surface area contributed by atoms with Crippen LogP contribution < -0.4 is 10.1 Å². The average Bonchev–Trinajstić information content (AvgIpc) is 2.47. The number of ether oxygens (including phenoxy) is 1. The second-order valence-electron chi connectivity index (χ2n) is 4.10. The number of anilines is 1. The van der Waals surface area contributed by atoms with Gasteiger partial charge in [0.15, 0.2) is 0 Å². The van der Waals surface area contributed by atoms with E-state index in [0.717, 1.165) is 5.69 Å². The van der Waals surface area contributed by atoms with Gasteiger partial charge in [0.2, 0.25) is 0 Å². The Morgan fingerprint density at radius 3 is 2.70 bits per heavy atom. The first kappa shape index (κ1) is 14.5. The molecular formula is C15H12Cl2N2O. The first-order valence-corrected chi connectivity index (χ1v) is 6.65. The van der Waals surface area contributed by atoms with Crippen molar-refractivity contribution in [2.75, 3.05) is 12.4 Å². The summed E-state index contributed by atoms with van der Waals surface area (Å²) in [6.45, 7) is 0. The Labute approximate surface area is 127 Å². The lowest BCUT2D eigenvalue weighted by Crippen LogP contribution is -2.09. The third-order valence-corrected chi connectivity index (χ3v) is 3.36. The van der Waals surface area contributed by atoms with Crippen LogP contribution in [0.15, 0.2) is 42.5 Å². The molecule has 0 radical (unpaired) electrons. The fourth-order valence-electron chi connectivity index (χ4n) is 1.79. The van der Waals surface area contributed by atoms with Gasteiger partial charge in [-0.1, -0.05) is 29.3 Å². The predicted octanol–water partition coefficient (Wildman–Crippen LogP) is 4.68. The van der Waals surface area contributed by atoms with E-state index < -0.39 is 6.04 Å². The molecule has 0 fully saturated rings. The maximum atomic E-state index is 9.34. The van der Waals surface area contributed by atoms with Crippen LogP contribution in [-0.4, -0.2) is 7.11 Å². The Bertz CT molecular complexity index is 653. The third kappa shape index (κ3) is 3.36. The number of hydrogen-bond acceptors (Lipinski definition) is 3. The van der Waals surface area contributed by atoms with Crippen molar-refractivity contribution in [2.24, 2.45) is 0 Å². The number of nitriles is 1. The summed E-state index contributed by atoms with van der Waals surface area (Å²) in [6.07, 6.45) is 0. The van der Waals surface area contributed by atoms with Crippen molar-refractivity contribution in [3.05, 3.63) is 58.1 Å². The average molecular weight is 307 g/mol. The largest absolute Gasteiger partial charge is 0.497 e. The van der Waals surface area contributed by atoms with E-state index in [1.807, 2.05) is 24.3 Å². The van der Waals surface area contributed by atoms with Crippen LogP contribution in [0.3, 0.4) is 0 Å². The lowest BCUT2D eigenvalue weighted by atomic mass is 10.1. The molecule has 0 aliphatic heterocycles. The summed E-state index contributed by atoms with van der Waals surface area (Å²) < 4.78 is 5.15. The molecule has 0 bridgehead atoms. The zero-order valence-corrected chi connectivity index (χ0v) is 12.2. The van der Waals surface area contributed by atoms with Gasteiger partial charge in [0, 0.05) is 27.4 Å². The standard InChI is InChI=1S/C15H12Cl2N2O/c1-20-12-4-2-3-11(8-12)19-15(9-18)13-7-10(16)5-6-14(13)17/h2-8,15,19H,1H3. The zero-order valence-electron chi connectivity index (χ0n) is 10.7. The minimum absolute atomic E-state index is 0.497. The SMILES string of the molecule is COc1cccc(NC(C#N)c2cc(Cl)ccc2Cl)c1. The van der Waals surface area contributed by atoms with Gasteiger partial charge in [-0.15, -0.1) is 0 Å². The van der Waals surface area contributed by atoms with E-state index in [1.165, 1.54) is 0 Å². The quantitative estimate of drug-likeness (QED) is 0.892. The van der Waals surface area contributed by atoms with Crippen LogP contribution in [0.25, 0.3) is 0 Å². The summed E-state index contributed by atoms with van der Waals surface area (Å²) >= 11 is 12.1. The Morgan fingerprint density at radius 2 is 2.00 bits per heavy atom. The van der Waals surface area contributed by atoms with Gasteiger partial charge in [-0.25, -0.2) is 0 Å². The molecular weight excluding hydrogens is 295 g/mol. The molecule has 0 aliphatic carbocycles. The third-order valence-electron chi connectivity index (χ3n) is 2.78. The predicted molar refractivity (Wildman–Crippen MR) is 81.4 cm³/mol. The first-order valence-electron chi connectivity index (χ1n) is 5.89. The van der Waals surface area contributed by atoms with Gasteiger partial charge in [-0.05, 0) is 30.3 Å². The van der Waals surface area contributed by atoms with Gasteiger partial charge in [0.05, 0.1) is 13.2 Å². The highest BCUT2D eigenvalue weighted by molar-refractivity contribution is 6.33. The van der Waals surface area contributed by atoms with Gasteiger partial charge in [-0.2, -0.15) is 5.26 Å². The van der Waals surface area contributed by atoms with Gasteiger partial charge < -0.3 is 10.1 Å². The maximum Gasteiger partial charge on any atom is 0.141 e. The molecule has 2 aromatic rings. The Hall–Kier alpha value is -1.89. The van der Waals surface area contributed by atoms with E-state index in [1.54, 1.807) is 25.3 Å². The molecule has 0 aromatic heterocycles. The molecule has 0 saturated heterocycles. The Kier molecular flexibility index (Phi) is 4.73. The van der Waals surface area contributed by atoms with Crippen molar-refractivity contribution in [3.8, 4) is 11.8 Å². The van der Waals surface area contributed by atoms with Gasteiger partial charge in [-0.3, -0.25) is 0 Å². The van der Waals surface area contributed by atoms with E-state index in [0.29, 0.717) is 21.4 Å². The summed E-state index contributed by atoms with van der Waals surface area (Å²) in [5.74, 6) is 0.712. The van der Waals surface area contributed by atoms with E-state index in [4.69, 9.17) is 27.9 Å². The Morgan fingerprint density at radius 1 is 1.20 bits per heavy atom. The molecule has 1 unspecified atom stereocenters. The first-order chi connectivity index (χ1) is 9.63. The van der Waals surface area contributed by atoms with Crippen LogP contribution in [-0.2, 0) is 0 Å². The normalized spacial score (nSPS) is 11.5. The Balaban J connectivity index is 2.29. The van der Waals surface area contributed by atoms with Gasteiger partial charge in [0.1, 0.15) is 11.8 Å². The lowest BCUT2D eigenvalue weighted by Gasteiger charge is -2.15. The molecule has 3 nitrogen and oxygen atoms in total. The molecule has 0 aliphatic rings. The molecule has 5 heteroatoms. The lowest BCUT2D eigenvalue weighted by molar-refractivity contribution is 0.415. The van der Waals surface area contributed by atoms with E-state index in [2.05, 4.69) is 11.4 Å². The topological polar surface area (TPSA) is 45.0 Å². The van der Waals surface area contributed by atoms with Crippen molar-refractivity contribution < 1.29 is 4.74 Å². The van der Waals surface area contributed by atoms with Crippen LogP contribution in [0.5, 0.6) is 5.75 Å². The molecule has 102 valence electrons. The zero-order chi connectivity index (χ0) is 14.5. The van der Waals surface area contributed by atoms with Crippen molar-refractivity contribution >= 4 is 28.9 Å². The number of hydrogen-bond donors (Lipinski definition) is 1. The van der Waals surface area contributed by atoms with E-state index in [9.17, 15) is 5.26 Å². The number of nitrogens with one attached hydrogen (secondary N) is 1. The summed E-state index contributed by atoms with van der Waals surface area (Å²) in [6, 6.07) is 14.0. The number of methoxy groups -OCH3 is 1. The summed E-state index contributed by atoms with van der Waals surface area (Å²) in [7, 11) is 1.59. The van der Waals surface area contributed by atoms with Crippen LogP contribution >= 0.6 is 23.2 Å². The summed E-state index contributed by atoms with van der Waals surface area (Å²) in [5.41, 5.74) is 1.41. The molecule has 1 N–H and O–H groups in total. The van der Waals surface area contributed by atoms with E-state index >= 15 is 0 Å². The van der Waals surface area contributed by atoms with Crippen molar-refractivity contribution in [1.29, 1.82) is 5.26 Å². The minimum atomic E-state index is -0.590. The number of rotatable bonds is 4. The smallest absolute Gasteiger partial charge is 0.141 e. The highest BCUT2D eigenvalue weighted by Gasteiger charge is 2.14. The monoisotopic (exact) mass is 306 g/mol. The van der Waals surface area contributed by atoms with Crippen molar-refractivity contribution in [1.82, 2.24) is 0 Å². The summed E-state index contributed by atoms with van der Waals surface area (Å²) in [4.78, 5) is 0. The molecule has 0 saturated carbocycles. The maximum absolute atomic E-state index is 9.34. The van der Waals surface area contributed by atoms with E-state index in [-0.39, 0.29) is 0 Å². The molecule has 1 atom stereocenters. The molecule has 0 spiro atoms. The fraction of sp³-hybridized carbons (Fsp3) is 0.133. The van der Waals surface area contributed by atoms with Crippen molar-refractivity contribution in [3.63, 3.8) is 0 Å². The van der Waals surface area contributed by atoms with Crippen molar-refractivity contribution in [2.45, 2.75) is 6.04 Å². The fourth-order valence-corrected chi connectivity index (χ4v) is 2.20. The minimum Gasteiger partial charge on any atom is -0.497 e. The molecule has 20 heavy (non-hydrogen) atoms. The number of halogens is 2. The van der Waals surface area contributed by atoms with Gasteiger partial charge >= 0.3 is 0 Å². The highest BCUT2D eigenvalue weighted by Crippen LogP contribution is 2.29. The second-order valence-corrected chi connectivity index (χ2v) is 4.95. The van der Waals surface area contributed by atoms with Crippen LogP contribution in [0, 0.1) is 11.3 Å². The number of nitrogens with zero attached hydrogens (tertiary/aromatic N) is 1. The van der Waals surface area contributed by atoms with Crippen LogP contribution in [0.1, 0.15) is 11.6 Å². The molecule has 2 rings (SSSR count). The van der Waals surface area contributed by atoms with Crippen LogP contribution in [0.4, 0.5) is 5.69 Å². The second kappa shape index (κ2) is 6.51. The highest BCUT2D eigenvalue weighted by atomic mass is 35.5. The van der Waals surface area contributed by atoms with Gasteiger partial charge in [0.25, 0.3) is 0 Å². The summed E-state index contributed by atoms with van der Waals surface area (Å²) in [5, 5.41) is 13.5. The van der Waals surface area contributed by atoms with Crippen LogP contribution in [0.2, 0.25) is 10.0 Å².